The van der Waals surface area contributed by atoms with Crippen LogP contribution >= 0.6 is 0 Å². The second-order valence-electron chi connectivity index (χ2n) is 4.85. The molecule has 0 saturated carbocycles. The Labute approximate surface area is 106 Å². The summed E-state index contributed by atoms with van der Waals surface area (Å²) < 4.78 is 32.1. The van der Waals surface area contributed by atoms with E-state index in [4.69, 9.17) is 4.74 Å². The second kappa shape index (κ2) is 6.25. The van der Waals surface area contributed by atoms with E-state index in [9.17, 15) is 13.9 Å². The van der Waals surface area contributed by atoms with Gasteiger partial charge in [-0.3, -0.25) is 0 Å². The van der Waals surface area contributed by atoms with Gasteiger partial charge >= 0.3 is 0 Å². The Morgan fingerprint density at radius 3 is 2.44 bits per heavy atom. The van der Waals surface area contributed by atoms with Gasteiger partial charge in [-0.15, -0.1) is 0 Å². The molecule has 1 heterocycles. The van der Waals surface area contributed by atoms with Crippen molar-refractivity contribution < 1.29 is 18.6 Å². The molecule has 0 aliphatic carbocycles. The van der Waals surface area contributed by atoms with Crippen molar-refractivity contribution >= 4 is 0 Å². The molecule has 1 fully saturated rings. The quantitative estimate of drug-likeness (QED) is 0.897. The number of hydrogen-bond donors (Lipinski definition) is 1. The van der Waals surface area contributed by atoms with Crippen LogP contribution in [0.3, 0.4) is 0 Å². The maximum atomic E-state index is 13.4. The molecule has 2 rings (SSSR count). The summed E-state index contributed by atoms with van der Waals surface area (Å²) in [7, 11) is 0. The van der Waals surface area contributed by atoms with Gasteiger partial charge in [0.05, 0.1) is 6.10 Å². The van der Waals surface area contributed by atoms with E-state index in [-0.39, 0.29) is 12.0 Å². The first-order valence-corrected chi connectivity index (χ1v) is 6.35. The normalized spacial score (nSPS) is 18.8. The largest absolute Gasteiger partial charge is 0.393 e. The number of rotatable bonds is 4. The molecule has 100 valence electrons. The highest BCUT2D eigenvalue weighted by atomic mass is 19.1. The molecule has 1 unspecified atom stereocenters. The van der Waals surface area contributed by atoms with Crippen LogP contribution < -0.4 is 0 Å². The lowest BCUT2D eigenvalue weighted by molar-refractivity contribution is 0.0435. The lowest BCUT2D eigenvalue weighted by Gasteiger charge is -2.24. The first-order chi connectivity index (χ1) is 8.66. The topological polar surface area (TPSA) is 29.5 Å². The minimum atomic E-state index is -0.695. The van der Waals surface area contributed by atoms with Gasteiger partial charge in [-0.05, 0) is 37.3 Å². The third kappa shape index (κ3) is 3.50. The van der Waals surface area contributed by atoms with Crippen molar-refractivity contribution in [1.82, 2.24) is 0 Å². The van der Waals surface area contributed by atoms with Crippen molar-refractivity contribution in [3.05, 3.63) is 35.4 Å². The number of aliphatic hydroxyl groups is 1. The molecule has 1 atom stereocenters. The van der Waals surface area contributed by atoms with Crippen LogP contribution in [0.4, 0.5) is 8.78 Å². The molecule has 2 nitrogen and oxygen atoms in total. The molecule has 18 heavy (non-hydrogen) atoms. The molecular formula is C14H18F2O2. The van der Waals surface area contributed by atoms with Gasteiger partial charge in [0.15, 0.2) is 0 Å². The number of ether oxygens (including phenoxy) is 1. The average molecular weight is 256 g/mol. The number of benzene rings is 1. The van der Waals surface area contributed by atoms with E-state index in [1.807, 2.05) is 0 Å². The van der Waals surface area contributed by atoms with E-state index in [0.717, 1.165) is 12.8 Å². The minimum absolute atomic E-state index is 0.0166. The molecule has 0 amide bonds. The fraction of sp³-hybridized carbons (Fsp3) is 0.571. The van der Waals surface area contributed by atoms with Crippen LogP contribution in [0.1, 0.15) is 24.8 Å². The third-order valence-electron chi connectivity index (χ3n) is 3.45. The maximum absolute atomic E-state index is 13.4. The highest BCUT2D eigenvalue weighted by Crippen LogP contribution is 2.23. The van der Waals surface area contributed by atoms with Crippen LogP contribution in [0.5, 0.6) is 0 Å². The van der Waals surface area contributed by atoms with Crippen molar-refractivity contribution in [3.8, 4) is 0 Å². The molecule has 1 aliphatic rings. The maximum Gasteiger partial charge on any atom is 0.129 e. The zero-order valence-electron chi connectivity index (χ0n) is 10.2. The Hall–Kier alpha value is -1.00. The fourth-order valence-corrected chi connectivity index (χ4v) is 2.41. The molecule has 0 bridgehead atoms. The first kappa shape index (κ1) is 13.4. The van der Waals surface area contributed by atoms with Gasteiger partial charge in [0.1, 0.15) is 11.6 Å². The smallest absolute Gasteiger partial charge is 0.129 e. The molecule has 1 aromatic rings. The predicted octanol–water partition coefficient (Wildman–Crippen LogP) is 2.68. The van der Waals surface area contributed by atoms with Crippen molar-refractivity contribution in [2.75, 3.05) is 13.2 Å². The molecule has 1 aliphatic heterocycles. The Morgan fingerprint density at radius 1 is 1.22 bits per heavy atom. The number of hydrogen-bond acceptors (Lipinski definition) is 2. The third-order valence-corrected chi connectivity index (χ3v) is 3.45. The van der Waals surface area contributed by atoms with Crippen LogP contribution in [-0.2, 0) is 11.2 Å². The van der Waals surface area contributed by atoms with E-state index in [2.05, 4.69) is 0 Å². The van der Waals surface area contributed by atoms with E-state index in [1.54, 1.807) is 0 Å². The van der Waals surface area contributed by atoms with Crippen LogP contribution in [0.25, 0.3) is 0 Å². The van der Waals surface area contributed by atoms with Gasteiger partial charge in [-0.2, -0.15) is 0 Å². The van der Waals surface area contributed by atoms with Crippen molar-refractivity contribution in [3.63, 3.8) is 0 Å². The monoisotopic (exact) mass is 256 g/mol. The first-order valence-electron chi connectivity index (χ1n) is 6.35. The molecule has 1 N–H and O–H groups in total. The van der Waals surface area contributed by atoms with Crippen molar-refractivity contribution in [2.45, 2.75) is 31.8 Å². The Balaban J connectivity index is 1.92. The van der Waals surface area contributed by atoms with Gasteiger partial charge in [0.2, 0.25) is 0 Å². The SMILES string of the molecule is OC(Cc1c(F)cccc1F)CC1CCOCC1. The van der Waals surface area contributed by atoms with Gasteiger partial charge in [-0.25, -0.2) is 8.78 Å². The zero-order valence-corrected chi connectivity index (χ0v) is 10.2. The van der Waals surface area contributed by atoms with E-state index < -0.39 is 17.7 Å². The van der Waals surface area contributed by atoms with Gasteiger partial charge in [-0.1, -0.05) is 6.07 Å². The second-order valence-corrected chi connectivity index (χ2v) is 4.85. The summed E-state index contributed by atoms with van der Waals surface area (Å²) in [4.78, 5) is 0. The zero-order chi connectivity index (χ0) is 13.0. The summed E-state index contributed by atoms with van der Waals surface area (Å²) in [5.74, 6) is -0.773. The molecular weight excluding hydrogens is 238 g/mol. The molecule has 4 heteroatoms. The predicted molar refractivity (Wildman–Crippen MR) is 64.2 cm³/mol. The molecule has 1 aromatic carbocycles. The lowest BCUT2D eigenvalue weighted by atomic mass is 9.91. The fourth-order valence-electron chi connectivity index (χ4n) is 2.41. The van der Waals surface area contributed by atoms with Gasteiger partial charge in [0, 0.05) is 25.2 Å². The highest BCUT2D eigenvalue weighted by Gasteiger charge is 2.20. The summed E-state index contributed by atoms with van der Waals surface area (Å²) in [6.45, 7) is 1.43. The molecule has 0 aromatic heterocycles. The van der Waals surface area contributed by atoms with E-state index in [0.29, 0.717) is 25.6 Å². The number of aliphatic hydroxyl groups excluding tert-OH is 1. The van der Waals surface area contributed by atoms with Crippen molar-refractivity contribution in [2.24, 2.45) is 5.92 Å². The van der Waals surface area contributed by atoms with E-state index >= 15 is 0 Å². The van der Waals surface area contributed by atoms with Crippen LogP contribution in [-0.4, -0.2) is 24.4 Å². The van der Waals surface area contributed by atoms with Crippen LogP contribution in [0, 0.1) is 17.6 Å². The summed E-state index contributed by atoms with van der Waals surface area (Å²) in [5, 5.41) is 9.93. The van der Waals surface area contributed by atoms with Crippen molar-refractivity contribution in [1.29, 1.82) is 0 Å². The summed E-state index contributed by atoms with van der Waals surface area (Å²) >= 11 is 0. The summed E-state index contributed by atoms with van der Waals surface area (Å²) in [6, 6.07) is 3.78. The summed E-state index contributed by atoms with van der Waals surface area (Å²) in [5.41, 5.74) is -0.0166. The standard InChI is InChI=1S/C14H18F2O2/c15-13-2-1-3-14(16)12(13)9-11(17)8-10-4-6-18-7-5-10/h1-3,10-11,17H,4-9H2. The van der Waals surface area contributed by atoms with Gasteiger partial charge < -0.3 is 9.84 Å². The minimum Gasteiger partial charge on any atom is -0.393 e. The highest BCUT2D eigenvalue weighted by molar-refractivity contribution is 5.20. The lowest BCUT2D eigenvalue weighted by Crippen LogP contribution is -2.22. The molecule has 0 radical (unpaired) electrons. The Kier molecular flexibility index (Phi) is 4.66. The Bertz CT molecular complexity index is 369. The Morgan fingerprint density at radius 2 is 1.83 bits per heavy atom. The van der Waals surface area contributed by atoms with Crippen LogP contribution in [0.15, 0.2) is 18.2 Å². The van der Waals surface area contributed by atoms with Gasteiger partial charge in [0.25, 0.3) is 0 Å². The molecule has 1 saturated heterocycles. The molecule has 0 spiro atoms. The summed E-state index contributed by atoms with van der Waals surface area (Å²) in [6.07, 6.45) is 1.75. The average Bonchev–Trinajstić information content (AvgIpc) is 2.35. The van der Waals surface area contributed by atoms with Crippen LogP contribution in [0.2, 0.25) is 0 Å². The number of halogens is 2. The van der Waals surface area contributed by atoms with E-state index in [1.165, 1.54) is 18.2 Å².